The zero-order valence-corrected chi connectivity index (χ0v) is 22.1. The SMILES string of the molecule is C=CCC[C@H](CCC(=O)NCC(C)=O)S(=O)(=O)N(Cc1ccc(OC)cc1)Cc1ccc(OC)cc1. The highest BCUT2D eigenvalue weighted by Crippen LogP contribution is 2.25. The largest absolute Gasteiger partial charge is 0.497 e. The highest BCUT2D eigenvalue weighted by molar-refractivity contribution is 7.89. The highest BCUT2D eigenvalue weighted by atomic mass is 32.2. The van der Waals surface area contributed by atoms with Crippen molar-refractivity contribution in [3.8, 4) is 11.5 Å². The molecule has 0 aliphatic rings. The van der Waals surface area contributed by atoms with Crippen LogP contribution in [0.4, 0.5) is 0 Å². The lowest BCUT2D eigenvalue weighted by Crippen LogP contribution is -2.39. The van der Waals surface area contributed by atoms with Gasteiger partial charge in [-0.3, -0.25) is 9.59 Å². The van der Waals surface area contributed by atoms with Crippen molar-refractivity contribution in [2.24, 2.45) is 0 Å². The number of rotatable bonds is 16. The van der Waals surface area contributed by atoms with E-state index in [9.17, 15) is 18.0 Å². The van der Waals surface area contributed by atoms with Crippen molar-refractivity contribution in [2.45, 2.75) is 50.9 Å². The van der Waals surface area contributed by atoms with Gasteiger partial charge < -0.3 is 14.8 Å². The maximum absolute atomic E-state index is 13.9. The van der Waals surface area contributed by atoms with Gasteiger partial charge in [0.2, 0.25) is 15.9 Å². The summed E-state index contributed by atoms with van der Waals surface area (Å²) in [4.78, 5) is 23.4. The fraction of sp³-hybridized carbons (Fsp3) is 0.407. The second-order valence-electron chi connectivity index (χ2n) is 8.51. The number of hydrogen-bond donors (Lipinski definition) is 1. The third-order valence-corrected chi connectivity index (χ3v) is 8.03. The van der Waals surface area contributed by atoms with Gasteiger partial charge in [0, 0.05) is 19.5 Å². The number of nitrogens with one attached hydrogen (secondary N) is 1. The summed E-state index contributed by atoms with van der Waals surface area (Å²) in [6.07, 6.45) is 2.66. The molecule has 0 aliphatic carbocycles. The first-order chi connectivity index (χ1) is 17.2. The molecule has 0 fully saturated rings. The van der Waals surface area contributed by atoms with Crippen LogP contribution in [0.3, 0.4) is 0 Å². The molecule has 1 amide bonds. The van der Waals surface area contributed by atoms with Gasteiger partial charge in [0.05, 0.1) is 26.0 Å². The summed E-state index contributed by atoms with van der Waals surface area (Å²) in [5.74, 6) is 0.859. The maximum atomic E-state index is 13.9. The maximum Gasteiger partial charge on any atom is 0.220 e. The molecule has 0 saturated carbocycles. The van der Waals surface area contributed by atoms with Crippen LogP contribution >= 0.6 is 0 Å². The molecule has 2 rings (SSSR count). The number of allylic oxidation sites excluding steroid dienone is 1. The minimum Gasteiger partial charge on any atom is -0.497 e. The lowest BCUT2D eigenvalue weighted by atomic mass is 10.1. The third kappa shape index (κ3) is 9.13. The lowest BCUT2D eigenvalue weighted by Gasteiger charge is -2.28. The molecule has 0 unspecified atom stereocenters. The van der Waals surface area contributed by atoms with Crippen molar-refractivity contribution in [1.29, 1.82) is 0 Å². The zero-order chi connectivity index (χ0) is 26.6. The van der Waals surface area contributed by atoms with Gasteiger partial charge >= 0.3 is 0 Å². The molecule has 0 aliphatic heterocycles. The quantitative estimate of drug-likeness (QED) is 0.340. The van der Waals surface area contributed by atoms with Gasteiger partial charge in [-0.2, -0.15) is 4.31 Å². The minimum absolute atomic E-state index is 0.00717. The van der Waals surface area contributed by atoms with Crippen LogP contribution in [0.25, 0.3) is 0 Å². The number of sulfonamides is 1. The summed E-state index contributed by atoms with van der Waals surface area (Å²) in [5, 5.41) is 1.75. The molecule has 0 bridgehead atoms. The fourth-order valence-electron chi connectivity index (χ4n) is 3.67. The van der Waals surface area contributed by atoms with E-state index in [4.69, 9.17) is 9.47 Å². The Kier molecular flexibility index (Phi) is 11.6. The van der Waals surface area contributed by atoms with Crippen LogP contribution in [-0.4, -0.2) is 50.4 Å². The van der Waals surface area contributed by atoms with Crippen molar-refractivity contribution in [3.63, 3.8) is 0 Å². The Morgan fingerprint density at radius 2 is 1.44 bits per heavy atom. The summed E-state index contributed by atoms with van der Waals surface area (Å²) in [5.41, 5.74) is 1.63. The van der Waals surface area contributed by atoms with E-state index in [1.165, 1.54) is 11.2 Å². The molecule has 8 nitrogen and oxygen atoms in total. The number of Topliss-reactive ketones (excluding diaryl/α,β-unsaturated/α-hetero) is 1. The number of nitrogens with zero attached hydrogens (tertiary/aromatic N) is 1. The van der Waals surface area contributed by atoms with Crippen molar-refractivity contribution in [3.05, 3.63) is 72.3 Å². The zero-order valence-electron chi connectivity index (χ0n) is 21.2. The molecular weight excluding hydrogens is 480 g/mol. The van der Waals surface area contributed by atoms with Crippen molar-refractivity contribution in [2.75, 3.05) is 20.8 Å². The topological polar surface area (TPSA) is 102 Å². The number of ether oxygens (including phenoxy) is 2. The molecule has 1 atom stereocenters. The van der Waals surface area contributed by atoms with E-state index in [-0.39, 0.29) is 44.2 Å². The average molecular weight is 517 g/mol. The van der Waals surface area contributed by atoms with Crippen LogP contribution in [0.15, 0.2) is 61.2 Å². The summed E-state index contributed by atoms with van der Waals surface area (Å²) in [7, 11) is -0.663. The predicted octanol–water partition coefficient (Wildman–Crippen LogP) is 3.86. The van der Waals surface area contributed by atoms with E-state index in [0.29, 0.717) is 24.3 Å². The monoisotopic (exact) mass is 516 g/mol. The van der Waals surface area contributed by atoms with Gasteiger partial charge in [-0.05, 0) is 61.6 Å². The summed E-state index contributed by atoms with van der Waals surface area (Å²) >= 11 is 0. The smallest absolute Gasteiger partial charge is 0.220 e. The summed E-state index contributed by atoms with van der Waals surface area (Å²) in [6.45, 7) is 5.37. The summed E-state index contributed by atoms with van der Waals surface area (Å²) in [6, 6.07) is 14.5. The third-order valence-electron chi connectivity index (χ3n) is 5.74. The van der Waals surface area contributed by atoms with E-state index in [2.05, 4.69) is 11.9 Å². The van der Waals surface area contributed by atoms with E-state index < -0.39 is 15.3 Å². The predicted molar refractivity (Wildman–Crippen MR) is 140 cm³/mol. The molecule has 196 valence electrons. The lowest BCUT2D eigenvalue weighted by molar-refractivity contribution is -0.124. The first-order valence-electron chi connectivity index (χ1n) is 11.8. The van der Waals surface area contributed by atoms with Crippen LogP contribution in [0.1, 0.15) is 43.7 Å². The Morgan fingerprint density at radius 1 is 0.944 bits per heavy atom. The van der Waals surface area contributed by atoms with Crippen LogP contribution < -0.4 is 14.8 Å². The van der Waals surface area contributed by atoms with E-state index in [1.807, 2.05) is 24.3 Å². The molecular formula is C27H36N2O6S. The van der Waals surface area contributed by atoms with Gasteiger partial charge in [-0.15, -0.1) is 6.58 Å². The Hall–Kier alpha value is -3.17. The number of amides is 1. The number of ketones is 1. The van der Waals surface area contributed by atoms with Gasteiger partial charge in [0.1, 0.15) is 17.3 Å². The first-order valence-corrected chi connectivity index (χ1v) is 13.3. The van der Waals surface area contributed by atoms with Crippen molar-refractivity contribution < 1.29 is 27.5 Å². The van der Waals surface area contributed by atoms with Crippen molar-refractivity contribution in [1.82, 2.24) is 9.62 Å². The number of methoxy groups -OCH3 is 2. The molecule has 9 heteroatoms. The van der Waals surface area contributed by atoms with Crippen LogP contribution in [-0.2, 0) is 32.7 Å². The van der Waals surface area contributed by atoms with Crippen LogP contribution in [0.5, 0.6) is 11.5 Å². The molecule has 2 aromatic rings. The molecule has 0 heterocycles. The second-order valence-corrected chi connectivity index (χ2v) is 10.7. The van der Waals surface area contributed by atoms with E-state index in [0.717, 1.165) is 11.1 Å². The Balaban J connectivity index is 2.31. The first kappa shape index (κ1) is 29.1. The molecule has 0 spiro atoms. The molecule has 0 radical (unpaired) electrons. The Morgan fingerprint density at radius 3 is 1.86 bits per heavy atom. The molecule has 2 aromatic carbocycles. The van der Waals surface area contributed by atoms with Gasteiger partial charge in [-0.25, -0.2) is 8.42 Å². The summed E-state index contributed by atoms with van der Waals surface area (Å²) < 4.78 is 39.7. The number of hydrogen-bond acceptors (Lipinski definition) is 6. The normalized spacial score (nSPS) is 12.1. The molecule has 0 saturated heterocycles. The van der Waals surface area contributed by atoms with Gasteiger partial charge in [0.25, 0.3) is 0 Å². The van der Waals surface area contributed by atoms with Gasteiger partial charge in [0.15, 0.2) is 0 Å². The Bertz CT molecular complexity index is 1050. The van der Waals surface area contributed by atoms with Gasteiger partial charge in [-0.1, -0.05) is 30.3 Å². The molecule has 36 heavy (non-hydrogen) atoms. The number of carbonyl (C=O) groups is 2. The van der Waals surface area contributed by atoms with Crippen LogP contribution in [0.2, 0.25) is 0 Å². The fourth-order valence-corrected chi connectivity index (χ4v) is 5.59. The highest BCUT2D eigenvalue weighted by Gasteiger charge is 2.32. The van der Waals surface area contributed by atoms with Crippen molar-refractivity contribution >= 4 is 21.7 Å². The Labute approximate surface area is 214 Å². The minimum atomic E-state index is -3.81. The van der Waals surface area contributed by atoms with E-state index in [1.54, 1.807) is 44.6 Å². The number of benzene rings is 2. The standard InChI is InChI=1S/C27H36N2O6S/c1-5-6-7-26(16-17-27(31)28-18-21(2)30)36(32,33)29(19-22-8-12-24(34-3)13-9-22)20-23-10-14-25(35-4)15-11-23/h5,8-15,26H,1,6-7,16-20H2,2-4H3,(H,28,31)/t26-/m1/s1. The second kappa shape index (κ2) is 14.4. The average Bonchev–Trinajstić information content (AvgIpc) is 2.87. The molecule has 0 aromatic heterocycles. The van der Waals surface area contributed by atoms with Crippen LogP contribution in [0, 0.1) is 0 Å². The molecule has 1 N–H and O–H groups in total. The van der Waals surface area contributed by atoms with E-state index >= 15 is 0 Å². The number of carbonyl (C=O) groups excluding carboxylic acids is 2.